The van der Waals surface area contributed by atoms with Gasteiger partial charge in [-0.2, -0.15) is 0 Å². The zero-order valence-electron chi connectivity index (χ0n) is 15.1. The highest BCUT2D eigenvalue weighted by atomic mass is 19.1. The van der Waals surface area contributed by atoms with Gasteiger partial charge in [0.25, 0.3) is 5.91 Å². The minimum absolute atomic E-state index is 0.00505. The smallest absolute Gasteiger partial charge is 0.256 e. The number of aryl methyl sites for hydroxylation is 1. The highest BCUT2D eigenvalue weighted by Crippen LogP contribution is 2.14. The van der Waals surface area contributed by atoms with Crippen molar-refractivity contribution in [3.63, 3.8) is 0 Å². The number of pyridine rings is 2. The molecule has 0 saturated carbocycles. The third kappa shape index (κ3) is 4.23. The van der Waals surface area contributed by atoms with Crippen LogP contribution in [0.3, 0.4) is 0 Å². The zero-order valence-corrected chi connectivity index (χ0v) is 15.1. The molecule has 0 aliphatic rings. The van der Waals surface area contributed by atoms with Gasteiger partial charge in [-0.25, -0.2) is 13.8 Å². The molecule has 2 aromatic heterocycles. The Balaban J connectivity index is 1.73. The van der Waals surface area contributed by atoms with Gasteiger partial charge in [0.05, 0.1) is 5.39 Å². The molecule has 1 unspecified atom stereocenters. The number of carbonyl (C=O) groups excluding carboxylic acids is 1. The number of halogens is 2. The van der Waals surface area contributed by atoms with Crippen LogP contribution in [0.5, 0.6) is 0 Å². The van der Waals surface area contributed by atoms with Crippen LogP contribution in [0.2, 0.25) is 0 Å². The molecular formula is C20H19F2N3O3. The summed E-state index contributed by atoms with van der Waals surface area (Å²) in [6.45, 7) is 1.44. The number of aromatic nitrogens is 2. The minimum Gasteiger partial charge on any atom is -0.396 e. The maximum Gasteiger partial charge on any atom is 0.256 e. The van der Waals surface area contributed by atoms with Crippen LogP contribution in [-0.2, 0) is 6.42 Å². The molecule has 8 heteroatoms. The number of H-pyrrole nitrogens is 1. The number of aliphatic hydroxyl groups excluding tert-OH is 1. The van der Waals surface area contributed by atoms with Crippen molar-refractivity contribution in [1.29, 1.82) is 0 Å². The Labute approximate surface area is 159 Å². The van der Waals surface area contributed by atoms with E-state index in [1.165, 1.54) is 6.20 Å². The number of aliphatic hydroxyl groups is 1. The summed E-state index contributed by atoms with van der Waals surface area (Å²) in [5.41, 5.74) is 0.674. The fourth-order valence-corrected chi connectivity index (χ4v) is 2.91. The third-order valence-corrected chi connectivity index (χ3v) is 4.45. The molecule has 0 bridgehead atoms. The topological polar surface area (TPSA) is 95.1 Å². The van der Waals surface area contributed by atoms with Crippen molar-refractivity contribution in [3.8, 4) is 0 Å². The Morgan fingerprint density at radius 3 is 2.82 bits per heavy atom. The van der Waals surface area contributed by atoms with E-state index in [0.29, 0.717) is 11.0 Å². The van der Waals surface area contributed by atoms with Crippen molar-refractivity contribution in [2.45, 2.75) is 13.3 Å². The van der Waals surface area contributed by atoms with Crippen LogP contribution in [0.4, 0.5) is 8.78 Å². The van der Waals surface area contributed by atoms with Crippen LogP contribution in [0.25, 0.3) is 11.0 Å². The number of amides is 1. The lowest BCUT2D eigenvalue weighted by atomic mass is 9.99. The maximum atomic E-state index is 13.8. The standard InChI is InChI=1S/C20H19F2N3O3/c1-11-2-4-15-18(27)16(9-23-19(15)25-11)20(28)24-8-12(10-26)6-13-7-14(21)3-5-17(13)22/h2-5,7,9,12,26H,6,8,10H2,1H3,(H,24,28)(H,23,25,27). The summed E-state index contributed by atoms with van der Waals surface area (Å²) < 4.78 is 27.1. The molecule has 0 aliphatic heterocycles. The summed E-state index contributed by atoms with van der Waals surface area (Å²) in [6, 6.07) is 6.35. The van der Waals surface area contributed by atoms with Crippen LogP contribution in [0, 0.1) is 24.5 Å². The van der Waals surface area contributed by atoms with Gasteiger partial charge in [0.15, 0.2) is 0 Å². The number of aromatic amines is 1. The molecule has 3 N–H and O–H groups in total. The van der Waals surface area contributed by atoms with Gasteiger partial charge in [-0.15, -0.1) is 0 Å². The van der Waals surface area contributed by atoms with Crippen molar-refractivity contribution >= 4 is 16.9 Å². The molecular weight excluding hydrogens is 368 g/mol. The number of fused-ring (bicyclic) bond motifs is 1. The molecule has 3 aromatic rings. The van der Waals surface area contributed by atoms with E-state index in [-0.39, 0.29) is 30.7 Å². The van der Waals surface area contributed by atoms with E-state index >= 15 is 0 Å². The second kappa shape index (κ2) is 8.26. The van der Waals surface area contributed by atoms with Crippen molar-refractivity contribution in [2.24, 2.45) is 5.92 Å². The van der Waals surface area contributed by atoms with E-state index in [4.69, 9.17) is 0 Å². The van der Waals surface area contributed by atoms with Gasteiger partial charge in [0.1, 0.15) is 22.8 Å². The molecule has 0 spiro atoms. The molecule has 0 saturated heterocycles. The molecule has 1 atom stereocenters. The second-order valence-corrected chi connectivity index (χ2v) is 6.58. The first-order valence-corrected chi connectivity index (χ1v) is 8.71. The summed E-state index contributed by atoms with van der Waals surface area (Å²) in [4.78, 5) is 31.9. The molecule has 146 valence electrons. The van der Waals surface area contributed by atoms with Crippen LogP contribution in [0.1, 0.15) is 21.6 Å². The fraction of sp³-hybridized carbons (Fsp3) is 0.250. The molecule has 3 rings (SSSR count). The SMILES string of the molecule is Cc1ccc2c(=O)c(C(=O)NCC(CO)Cc3cc(F)ccc3F)c[nH]c2n1. The molecule has 1 aromatic carbocycles. The molecule has 0 fully saturated rings. The first kappa shape index (κ1) is 19.6. The van der Waals surface area contributed by atoms with Crippen LogP contribution in [-0.4, -0.2) is 34.1 Å². The summed E-state index contributed by atoms with van der Waals surface area (Å²) in [5.74, 6) is -2.32. The molecule has 28 heavy (non-hydrogen) atoms. The van der Waals surface area contributed by atoms with E-state index in [2.05, 4.69) is 15.3 Å². The van der Waals surface area contributed by atoms with Crippen LogP contribution < -0.4 is 10.7 Å². The van der Waals surface area contributed by atoms with E-state index < -0.39 is 28.9 Å². The van der Waals surface area contributed by atoms with E-state index in [1.807, 2.05) is 0 Å². The van der Waals surface area contributed by atoms with Crippen molar-refractivity contribution in [2.75, 3.05) is 13.2 Å². The Morgan fingerprint density at radius 1 is 1.29 bits per heavy atom. The molecule has 0 aliphatic carbocycles. The lowest BCUT2D eigenvalue weighted by Crippen LogP contribution is -2.34. The number of benzene rings is 1. The molecule has 1 amide bonds. The van der Waals surface area contributed by atoms with Crippen LogP contribution >= 0.6 is 0 Å². The van der Waals surface area contributed by atoms with Gasteiger partial charge in [0, 0.05) is 31.0 Å². The highest BCUT2D eigenvalue weighted by molar-refractivity contribution is 5.96. The Kier molecular flexibility index (Phi) is 5.79. The quantitative estimate of drug-likeness (QED) is 0.604. The predicted molar refractivity (Wildman–Crippen MR) is 100 cm³/mol. The van der Waals surface area contributed by atoms with Crippen molar-refractivity contribution < 1.29 is 18.7 Å². The lowest BCUT2D eigenvalue weighted by Gasteiger charge is -2.15. The zero-order chi connectivity index (χ0) is 20.3. The van der Waals surface area contributed by atoms with Gasteiger partial charge in [-0.3, -0.25) is 9.59 Å². The number of hydrogen-bond acceptors (Lipinski definition) is 4. The number of rotatable bonds is 6. The summed E-state index contributed by atoms with van der Waals surface area (Å²) in [7, 11) is 0. The Bertz CT molecular complexity index is 1080. The van der Waals surface area contributed by atoms with Crippen molar-refractivity contribution in [3.05, 3.63) is 75.2 Å². The first-order chi connectivity index (χ1) is 13.4. The van der Waals surface area contributed by atoms with Crippen LogP contribution in [0.15, 0.2) is 41.3 Å². The minimum atomic E-state index is -0.623. The second-order valence-electron chi connectivity index (χ2n) is 6.58. The fourth-order valence-electron chi connectivity index (χ4n) is 2.91. The number of nitrogens with one attached hydrogen (secondary N) is 2. The normalized spacial score (nSPS) is 12.1. The first-order valence-electron chi connectivity index (χ1n) is 8.71. The Morgan fingerprint density at radius 2 is 2.07 bits per heavy atom. The van der Waals surface area contributed by atoms with Gasteiger partial charge in [-0.1, -0.05) is 0 Å². The highest BCUT2D eigenvalue weighted by Gasteiger charge is 2.17. The van der Waals surface area contributed by atoms with Gasteiger partial charge < -0.3 is 15.4 Å². The van der Waals surface area contributed by atoms with Gasteiger partial charge >= 0.3 is 0 Å². The Hall–Kier alpha value is -3.13. The third-order valence-electron chi connectivity index (χ3n) is 4.45. The monoisotopic (exact) mass is 387 g/mol. The van der Waals surface area contributed by atoms with E-state index in [1.54, 1.807) is 19.1 Å². The largest absolute Gasteiger partial charge is 0.396 e. The predicted octanol–water partition coefficient (Wildman–Crippen LogP) is 2.09. The summed E-state index contributed by atoms with van der Waals surface area (Å²) in [5, 5.41) is 12.4. The number of nitrogens with zero attached hydrogens (tertiary/aromatic N) is 1. The van der Waals surface area contributed by atoms with E-state index in [0.717, 1.165) is 23.9 Å². The molecule has 0 radical (unpaired) electrons. The molecule has 2 heterocycles. The molecule has 6 nitrogen and oxygen atoms in total. The van der Waals surface area contributed by atoms with Gasteiger partial charge in [-0.05, 0) is 49.2 Å². The summed E-state index contributed by atoms with van der Waals surface area (Å²) in [6.07, 6.45) is 1.32. The average Bonchev–Trinajstić information content (AvgIpc) is 2.67. The van der Waals surface area contributed by atoms with Crippen molar-refractivity contribution in [1.82, 2.24) is 15.3 Å². The number of hydrogen-bond donors (Lipinski definition) is 3. The average molecular weight is 387 g/mol. The lowest BCUT2D eigenvalue weighted by molar-refractivity contribution is 0.0938. The van der Waals surface area contributed by atoms with Gasteiger partial charge in [0.2, 0.25) is 5.43 Å². The number of carbonyl (C=O) groups is 1. The maximum absolute atomic E-state index is 13.8. The summed E-state index contributed by atoms with van der Waals surface area (Å²) >= 11 is 0. The van der Waals surface area contributed by atoms with E-state index in [9.17, 15) is 23.5 Å².